The summed E-state index contributed by atoms with van der Waals surface area (Å²) in [6.07, 6.45) is 4.63. The molecule has 1 saturated heterocycles. The van der Waals surface area contributed by atoms with Crippen LogP contribution in [0.15, 0.2) is 12.1 Å². The van der Waals surface area contributed by atoms with Gasteiger partial charge in [-0.1, -0.05) is 0 Å². The van der Waals surface area contributed by atoms with Crippen LogP contribution in [0, 0.1) is 0 Å². The number of hydrogen-bond acceptors (Lipinski definition) is 5. The van der Waals surface area contributed by atoms with Crippen LogP contribution in [0.2, 0.25) is 0 Å². The predicted octanol–water partition coefficient (Wildman–Crippen LogP) is 1.15. The summed E-state index contributed by atoms with van der Waals surface area (Å²) in [6, 6.07) is 3.66. The Kier molecular flexibility index (Phi) is 5.92. The Morgan fingerprint density at radius 2 is 2.00 bits per heavy atom. The van der Waals surface area contributed by atoms with Crippen molar-refractivity contribution in [1.29, 1.82) is 0 Å². The van der Waals surface area contributed by atoms with Gasteiger partial charge in [-0.2, -0.15) is 0 Å². The molecule has 1 amide bonds. The fourth-order valence-electron chi connectivity index (χ4n) is 2.43. The van der Waals surface area contributed by atoms with Gasteiger partial charge in [-0.15, -0.1) is 10.2 Å². The van der Waals surface area contributed by atoms with Gasteiger partial charge >= 0.3 is 0 Å². The first-order valence-electron chi connectivity index (χ1n) is 7.68. The highest BCUT2D eigenvalue weighted by atomic mass is 16.1. The van der Waals surface area contributed by atoms with Gasteiger partial charge in [-0.3, -0.25) is 4.79 Å². The first-order chi connectivity index (χ1) is 10.2. The third-order valence-electron chi connectivity index (χ3n) is 3.63. The summed E-state index contributed by atoms with van der Waals surface area (Å²) < 4.78 is 0. The molecule has 0 aliphatic carbocycles. The van der Waals surface area contributed by atoms with Crippen LogP contribution < -0.4 is 10.2 Å². The molecular weight excluding hydrogens is 266 g/mol. The lowest BCUT2D eigenvalue weighted by atomic mass is 10.1. The highest BCUT2D eigenvalue weighted by molar-refractivity contribution is 5.92. The molecule has 0 saturated carbocycles. The molecule has 6 heteroatoms. The van der Waals surface area contributed by atoms with Crippen molar-refractivity contribution in [3.63, 3.8) is 0 Å². The number of carbonyl (C=O) groups is 1. The van der Waals surface area contributed by atoms with Gasteiger partial charge in [0, 0.05) is 19.6 Å². The van der Waals surface area contributed by atoms with Crippen molar-refractivity contribution in [2.45, 2.75) is 25.7 Å². The van der Waals surface area contributed by atoms with E-state index in [0.717, 1.165) is 31.9 Å². The molecule has 0 aromatic carbocycles. The smallest absolute Gasteiger partial charge is 0.271 e. The van der Waals surface area contributed by atoms with E-state index in [1.807, 2.05) is 20.2 Å². The lowest BCUT2D eigenvalue weighted by Gasteiger charge is -2.27. The second-order valence-electron chi connectivity index (χ2n) is 5.74. The van der Waals surface area contributed by atoms with Crippen molar-refractivity contribution in [3.05, 3.63) is 17.8 Å². The van der Waals surface area contributed by atoms with Gasteiger partial charge in [0.2, 0.25) is 0 Å². The highest BCUT2D eigenvalue weighted by Crippen LogP contribution is 2.16. The number of amides is 1. The van der Waals surface area contributed by atoms with Gasteiger partial charge in [-0.05, 0) is 58.5 Å². The Labute approximate surface area is 126 Å². The molecule has 0 spiro atoms. The van der Waals surface area contributed by atoms with Gasteiger partial charge in [0.25, 0.3) is 5.91 Å². The maximum absolute atomic E-state index is 11.9. The summed E-state index contributed by atoms with van der Waals surface area (Å²) in [7, 11) is 4.04. The molecule has 0 radical (unpaired) electrons. The number of anilines is 1. The number of nitrogens with zero attached hydrogens (tertiary/aromatic N) is 4. The number of nitrogens with one attached hydrogen (secondary N) is 1. The predicted molar refractivity (Wildman–Crippen MR) is 83.6 cm³/mol. The zero-order chi connectivity index (χ0) is 15.1. The molecule has 1 aliphatic heterocycles. The molecule has 0 bridgehead atoms. The molecule has 0 atom stereocenters. The van der Waals surface area contributed by atoms with Crippen LogP contribution in [-0.4, -0.2) is 61.3 Å². The third-order valence-corrected chi connectivity index (χ3v) is 3.63. The fourth-order valence-corrected chi connectivity index (χ4v) is 2.43. The van der Waals surface area contributed by atoms with Crippen LogP contribution in [-0.2, 0) is 0 Å². The molecule has 1 N–H and O–H groups in total. The minimum absolute atomic E-state index is 0.147. The van der Waals surface area contributed by atoms with Crippen molar-refractivity contribution in [3.8, 4) is 0 Å². The minimum Gasteiger partial charge on any atom is -0.355 e. The third kappa shape index (κ3) is 4.97. The molecule has 2 rings (SSSR count). The van der Waals surface area contributed by atoms with E-state index in [0.29, 0.717) is 12.2 Å². The Morgan fingerprint density at radius 1 is 1.24 bits per heavy atom. The highest BCUT2D eigenvalue weighted by Gasteiger charge is 2.14. The summed E-state index contributed by atoms with van der Waals surface area (Å²) in [5.74, 6) is 0.727. The van der Waals surface area contributed by atoms with E-state index in [1.165, 1.54) is 19.3 Å². The quantitative estimate of drug-likeness (QED) is 0.797. The first-order valence-corrected chi connectivity index (χ1v) is 7.68. The van der Waals surface area contributed by atoms with Crippen LogP contribution in [0.1, 0.15) is 36.2 Å². The van der Waals surface area contributed by atoms with E-state index in [9.17, 15) is 4.79 Å². The van der Waals surface area contributed by atoms with Crippen molar-refractivity contribution >= 4 is 11.7 Å². The Hall–Kier alpha value is -1.69. The van der Waals surface area contributed by atoms with Crippen LogP contribution in [0.5, 0.6) is 0 Å². The Bertz CT molecular complexity index is 440. The summed E-state index contributed by atoms with van der Waals surface area (Å²) in [5.41, 5.74) is 0.389. The van der Waals surface area contributed by atoms with E-state index < -0.39 is 0 Å². The van der Waals surface area contributed by atoms with Crippen LogP contribution in [0.4, 0.5) is 5.82 Å². The molecule has 6 nitrogen and oxygen atoms in total. The molecular formula is C15H25N5O. The summed E-state index contributed by atoms with van der Waals surface area (Å²) in [4.78, 5) is 16.3. The van der Waals surface area contributed by atoms with Crippen LogP contribution in [0.3, 0.4) is 0 Å². The second-order valence-corrected chi connectivity index (χ2v) is 5.74. The van der Waals surface area contributed by atoms with Crippen LogP contribution in [0.25, 0.3) is 0 Å². The van der Waals surface area contributed by atoms with Crippen molar-refractivity contribution in [2.75, 3.05) is 45.2 Å². The average Bonchev–Trinajstić information content (AvgIpc) is 2.52. The molecule has 116 valence electrons. The zero-order valence-corrected chi connectivity index (χ0v) is 13.0. The van der Waals surface area contributed by atoms with Gasteiger partial charge in [0.05, 0.1) is 0 Å². The first kappa shape index (κ1) is 15.7. The van der Waals surface area contributed by atoms with Gasteiger partial charge in [-0.25, -0.2) is 0 Å². The molecule has 1 aromatic rings. The van der Waals surface area contributed by atoms with Crippen molar-refractivity contribution in [1.82, 2.24) is 20.4 Å². The number of aromatic nitrogens is 2. The van der Waals surface area contributed by atoms with E-state index in [4.69, 9.17) is 0 Å². The van der Waals surface area contributed by atoms with E-state index in [1.54, 1.807) is 6.07 Å². The van der Waals surface area contributed by atoms with E-state index in [-0.39, 0.29) is 5.91 Å². The molecule has 2 heterocycles. The lowest BCUT2D eigenvalue weighted by Crippen LogP contribution is -2.31. The van der Waals surface area contributed by atoms with Gasteiger partial charge in [0.15, 0.2) is 11.5 Å². The molecule has 1 aromatic heterocycles. The van der Waals surface area contributed by atoms with E-state index in [2.05, 4.69) is 25.3 Å². The SMILES string of the molecule is CN(C)CCCNC(=O)c1ccc(N2CCCCC2)nn1. The van der Waals surface area contributed by atoms with Crippen molar-refractivity contribution < 1.29 is 4.79 Å². The largest absolute Gasteiger partial charge is 0.355 e. The monoisotopic (exact) mass is 291 g/mol. The maximum atomic E-state index is 11.9. The number of rotatable bonds is 6. The minimum atomic E-state index is -0.147. The topological polar surface area (TPSA) is 61.4 Å². The van der Waals surface area contributed by atoms with E-state index >= 15 is 0 Å². The summed E-state index contributed by atoms with van der Waals surface area (Å²) >= 11 is 0. The maximum Gasteiger partial charge on any atom is 0.271 e. The molecule has 1 aliphatic rings. The van der Waals surface area contributed by atoms with Gasteiger partial charge in [0.1, 0.15) is 0 Å². The molecule has 0 unspecified atom stereocenters. The number of carbonyl (C=O) groups excluding carboxylic acids is 1. The average molecular weight is 291 g/mol. The standard InChI is InChI=1S/C15H25N5O/c1-19(2)10-6-9-16-15(21)13-7-8-14(18-17-13)20-11-4-3-5-12-20/h7-8H,3-6,9-12H2,1-2H3,(H,16,21). The number of hydrogen-bond donors (Lipinski definition) is 1. The summed E-state index contributed by atoms with van der Waals surface area (Å²) in [5, 5.41) is 11.1. The zero-order valence-electron chi connectivity index (χ0n) is 13.0. The Balaban J connectivity index is 1.82. The normalized spacial score (nSPS) is 15.3. The second kappa shape index (κ2) is 7.93. The lowest BCUT2D eigenvalue weighted by molar-refractivity contribution is 0.0946. The molecule has 21 heavy (non-hydrogen) atoms. The van der Waals surface area contributed by atoms with Crippen LogP contribution >= 0.6 is 0 Å². The van der Waals surface area contributed by atoms with Crippen molar-refractivity contribution in [2.24, 2.45) is 0 Å². The fraction of sp³-hybridized carbons (Fsp3) is 0.667. The van der Waals surface area contributed by atoms with Gasteiger partial charge < -0.3 is 15.1 Å². The number of piperidine rings is 1. The summed E-state index contributed by atoms with van der Waals surface area (Å²) in [6.45, 7) is 3.68. The Morgan fingerprint density at radius 3 is 2.62 bits per heavy atom. The molecule has 1 fully saturated rings.